The van der Waals surface area contributed by atoms with Gasteiger partial charge in [0.2, 0.25) is 0 Å². The highest BCUT2D eigenvalue weighted by Gasteiger charge is 2.08. The van der Waals surface area contributed by atoms with Crippen LogP contribution in [0.2, 0.25) is 15.1 Å². The molecule has 0 aromatic heterocycles. The Morgan fingerprint density at radius 2 is 1.57 bits per heavy atom. The third-order valence-corrected chi connectivity index (χ3v) is 5.09. The van der Waals surface area contributed by atoms with Crippen molar-refractivity contribution >= 4 is 34.8 Å². The van der Waals surface area contributed by atoms with Crippen LogP contribution in [0.4, 0.5) is 4.39 Å². The van der Waals surface area contributed by atoms with Gasteiger partial charge in [0, 0.05) is 32.7 Å². The summed E-state index contributed by atoms with van der Waals surface area (Å²) in [5.41, 5.74) is 2.46. The fourth-order valence-corrected chi connectivity index (χ4v) is 3.43. The van der Waals surface area contributed by atoms with Gasteiger partial charge in [0.05, 0.1) is 0 Å². The standard InChI is InChI=1S/C22H19Cl3FNO/c23-18-7-8-22(28-14-16-5-6-19(24)12-20(16)25)17(11-18)13-27-10-9-15-3-1-2-4-21(15)26/h1-8,11-12,27H,9-10,13-14H2. The minimum Gasteiger partial charge on any atom is -0.489 e. The van der Waals surface area contributed by atoms with Crippen LogP contribution in [0.3, 0.4) is 0 Å². The third-order valence-electron chi connectivity index (χ3n) is 4.27. The highest BCUT2D eigenvalue weighted by molar-refractivity contribution is 6.35. The molecule has 0 aliphatic heterocycles. The summed E-state index contributed by atoms with van der Waals surface area (Å²) in [6.45, 7) is 1.51. The summed E-state index contributed by atoms with van der Waals surface area (Å²) < 4.78 is 19.6. The molecule has 0 bridgehead atoms. The van der Waals surface area contributed by atoms with E-state index in [0.717, 1.165) is 11.1 Å². The lowest BCUT2D eigenvalue weighted by atomic mass is 10.1. The molecule has 6 heteroatoms. The Labute approximate surface area is 179 Å². The van der Waals surface area contributed by atoms with Crippen LogP contribution in [0.25, 0.3) is 0 Å². The SMILES string of the molecule is Fc1ccccc1CCNCc1cc(Cl)ccc1OCc1ccc(Cl)cc1Cl. The van der Waals surface area contributed by atoms with Gasteiger partial charge in [-0.25, -0.2) is 4.39 Å². The fraction of sp³-hybridized carbons (Fsp3) is 0.182. The van der Waals surface area contributed by atoms with Gasteiger partial charge in [0.25, 0.3) is 0 Å². The first-order chi connectivity index (χ1) is 13.5. The van der Waals surface area contributed by atoms with Gasteiger partial charge in [0.15, 0.2) is 0 Å². The Kier molecular flexibility index (Phi) is 7.57. The summed E-state index contributed by atoms with van der Waals surface area (Å²) >= 11 is 18.3. The van der Waals surface area contributed by atoms with Gasteiger partial charge in [-0.2, -0.15) is 0 Å². The summed E-state index contributed by atoms with van der Waals surface area (Å²) in [4.78, 5) is 0. The molecule has 0 spiro atoms. The summed E-state index contributed by atoms with van der Waals surface area (Å²) in [6, 6.07) is 17.6. The summed E-state index contributed by atoms with van der Waals surface area (Å²) in [5, 5.41) is 5.09. The lowest BCUT2D eigenvalue weighted by Crippen LogP contribution is -2.17. The zero-order valence-electron chi connectivity index (χ0n) is 15.0. The molecule has 0 saturated carbocycles. The van der Waals surface area contributed by atoms with E-state index in [2.05, 4.69) is 5.32 Å². The molecule has 0 aliphatic rings. The molecule has 146 valence electrons. The number of nitrogens with one attached hydrogen (secondary N) is 1. The van der Waals surface area contributed by atoms with Crippen molar-refractivity contribution in [2.45, 2.75) is 19.6 Å². The maximum Gasteiger partial charge on any atom is 0.126 e. The molecular formula is C22H19Cl3FNO. The molecule has 3 aromatic carbocycles. The molecule has 0 amide bonds. The van der Waals surface area contributed by atoms with Crippen LogP contribution in [0, 0.1) is 5.82 Å². The number of rotatable bonds is 8. The van der Waals surface area contributed by atoms with E-state index in [9.17, 15) is 4.39 Å². The fourth-order valence-electron chi connectivity index (χ4n) is 2.77. The monoisotopic (exact) mass is 437 g/mol. The topological polar surface area (TPSA) is 21.3 Å². The van der Waals surface area contributed by atoms with Gasteiger partial charge < -0.3 is 10.1 Å². The molecule has 0 saturated heterocycles. The highest BCUT2D eigenvalue weighted by Crippen LogP contribution is 2.26. The second kappa shape index (κ2) is 10.1. The van der Waals surface area contributed by atoms with Crippen LogP contribution in [0.5, 0.6) is 5.75 Å². The number of halogens is 4. The summed E-state index contributed by atoms with van der Waals surface area (Å²) in [5.74, 6) is 0.532. The number of hydrogen-bond donors (Lipinski definition) is 1. The Morgan fingerprint density at radius 3 is 2.36 bits per heavy atom. The van der Waals surface area contributed by atoms with Crippen molar-refractivity contribution < 1.29 is 9.13 Å². The van der Waals surface area contributed by atoms with E-state index in [1.54, 1.807) is 30.3 Å². The molecule has 3 aromatic rings. The molecule has 0 fully saturated rings. The number of benzene rings is 3. The quantitative estimate of drug-likeness (QED) is 0.395. The average molecular weight is 439 g/mol. The molecule has 1 N–H and O–H groups in total. The first-order valence-corrected chi connectivity index (χ1v) is 9.95. The van der Waals surface area contributed by atoms with Crippen molar-refractivity contribution in [3.8, 4) is 5.75 Å². The second-order valence-corrected chi connectivity index (χ2v) is 7.57. The highest BCUT2D eigenvalue weighted by atomic mass is 35.5. The van der Waals surface area contributed by atoms with Crippen LogP contribution < -0.4 is 10.1 Å². The van der Waals surface area contributed by atoms with Crippen molar-refractivity contribution in [2.24, 2.45) is 0 Å². The zero-order chi connectivity index (χ0) is 19.9. The lowest BCUT2D eigenvalue weighted by molar-refractivity contribution is 0.302. The number of hydrogen-bond acceptors (Lipinski definition) is 2. The van der Waals surface area contributed by atoms with Crippen LogP contribution in [0.15, 0.2) is 60.7 Å². The van der Waals surface area contributed by atoms with Crippen LogP contribution in [-0.2, 0) is 19.6 Å². The van der Waals surface area contributed by atoms with Crippen LogP contribution >= 0.6 is 34.8 Å². The smallest absolute Gasteiger partial charge is 0.126 e. The normalized spacial score (nSPS) is 10.9. The van der Waals surface area contributed by atoms with Crippen molar-refractivity contribution in [3.63, 3.8) is 0 Å². The van der Waals surface area contributed by atoms with Crippen LogP contribution in [0.1, 0.15) is 16.7 Å². The van der Waals surface area contributed by atoms with Gasteiger partial charge in [0.1, 0.15) is 18.2 Å². The van der Waals surface area contributed by atoms with Gasteiger partial charge in [-0.1, -0.05) is 59.1 Å². The Balaban J connectivity index is 1.59. The molecule has 0 atom stereocenters. The van der Waals surface area contributed by atoms with E-state index in [4.69, 9.17) is 39.5 Å². The zero-order valence-corrected chi connectivity index (χ0v) is 17.3. The average Bonchev–Trinajstić information content (AvgIpc) is 2.67. The lowest BCUT2D eigenvalue weighted by Gasteiger charge is -2.14. The molecule has 0 aliphatic carbocycles. The predicted octanol–water partition coefficient (Wildman–Crippen LogP) is 6.70. The number of ether oxygens (including phenoxy) is 1. The van der Waals surface area contributed by atoms with Crippen LogP contribution in [-0.4, -0.2) is 6.54 Å². The minimum atomic E-state index is -0.184. The Morgan fingerprint density at radius 1 is 0.821 bits per heavy atom. The summed E-state index contributed by atoms with van der Waals surface area (Å²) in [6.07, 6.45) is 0.601. The maximum absolute atomic E-state index is 13.7. The third kappa shape index (κ3) is 5.86. The van der Waals surface area contributed by atoms with E-state index in [1.807, 2.05) is 24.3 Å². The van der Waals surface area contributed by atoms with E-state index in [0.29, 0.717) is 52.5 Å². The van der Waals surface area contributed by atoms with Gasteiger partial charge in [-0.05, 0) is 54.9 Å². The Bertz CT molecular complexity index is 949. The van der Waals surface area contributed by atoms with E-state index in [-0.39, 0.29) is 5.82 Å². The molecule has 28 heavy (non-hydrogen) atoms. The molecule has 3 rings (SSSR count). The maximum atomic E-state index is 13.7. The first kappa shape index (κ1) is 20.9. The van der Waals surface area contributed by atoms with Crippen molar-refractivity contribution in [1.82, 2.24) is 5.32 Å². The van der Waals surface area contributed by atoms with E-state index >= 15 is 0 Å². The molecule has 2 nitrogen and oxygen atoms in total. The van der Waals surface area contributed by atoms with Crippen molar-refractivity contribution in [3.05, 3.63) is 98.2 Å². The van der Waals surface area contributed by atoms with Gasteiger partial charge in [-0.3, -0.25) is 0 Å². The molecule has 0 heterocycles. The van der Waals surface area contributed by atoms with Crippen molar-refractivity contribution in [2.75, 3.05) is 6.54 Å². The molecule has 0 radical (unpaired) electrons. The minimum absolute atomic E-state index is 0.184. The predicted molar refractivity (Wildman–Crippen MR) is 114 cm³/mol. The first-order valence-electron chi connectivity index (χ1n) is 8.82. The van der Waals surface area contributed by atoms with Gasteiger partial charge in [-0.15, -0.1) is 0 Å². The van der Waals surface area contributed by atoms with E-state index < -0.39 is 0 Å². The summed E-state index contributed by atoms with van der Waals surface area (Å²) in [7, 11) is 0. The van der Waals surface area contributed by atoms with Crippen molar-refractivity contribution in [1.29, 1.82) is 0 Å². The molecule has 0 unspecified atom stereocenters. The Hall–Kier alpha value is -1.78. The van der Waals surface area contributed by atoms with Gasteiger partial charge >= 0.3 is 0 Å². The van der Waals surface area contributed by atoms with E-state index in [1.165, 1.54) is 6.07 Å². The molecular weight excluding hydrogens is 420 g/mol. The second-order valence-electron chi connectivity index (χ2n) is 6.29. The largest absolute Gasteiger partial charge is 0.489 e.